The molecule has 0 spiro atoms. The molecule has 7 nitrogen and oxygen atoms in total. The number of piperidine rings is 1. The molecule has 1 aromatic carbocycles. The summed E-state index contributed by atoms with van der Waals surface area (Å²) in [6, 6.07) is 3.84. The zero-order chi connectivity index (χ0) is 15.4. The average molecular weight is 331 g/mol. The number of halogens is 1. The third-order valence-corrected chi connectivity index (χ3v) is 3.75. The topological polar surface area (TPSA) is 92.9 Å². The first-order chi connectivity index (χ1) is 10.0. The van der Waals surface area contributed by atoms with Gasteiger partial charge in [0.1, 0.15) is 11.8 Å². The minimum absolute atomic E-state index is 0. The molecule has 8 heteroatoms. The SMILES string of the molecule is COc1ccc([N+](=O)[O-])cc1CN1CCCCC1C(=O)O.Cl. The Morgan fingerprint density at radius 1 is 1.50 bits per heavy atom. The van der Waals surface area contributed by atoms with Crippen molar-refractivity contribution in [3.8, 4) is 5.75 Å². The first-order valence-corrected chi connectivity index (χ1v) is 6.81. The molecule has 1 atom stereocenters. The Bertz CT molecular complexity index is 552. The number of non-ortho nitro benzene ring substituents is 1. The van der Waals surface area contributed by atoms with Crippen molar-refractivity contribution in [3.05, 3.63) is 33.9 Å². The summed E-state index contributed by atoms with van der Waals surface area (Å²) < 4.78 is 5.22. The summed E-state index contributed by atoms with van der Waals surface area (Å²) in [5, 5.41) is 20.1. The van der Waals surface area contributed by atoms with E-state index in [1.807, 2.05) is 4.90 Å². The number of carboxylic acids is 1. The molecule has 1 heterocycles. The molecule has 22 heavy (non-hydrogen) atoms. The number of nitrogens with zero attached hydrogens (tertiary/aromatic N) is 2. The van der Waals surface area contributed by atoms with Crippen molar-refractivity contribution in [1.82, 2.24) is 4.90 Å². The van der Waals surface area contributed by atoms with Crippen molar-refractivity contribution in [3.63, 3.8) is 0 Å². The van der Waals surface area contributed by atoms with Gasteiger partial charge in [0.25, 0.3) is 5.69 Å². The van der Waals surface area contributed by atoms with E-state index in [-0.39, 0.29) is 18.1 Å². The van der Waals surface area contributed by atoms with E-state index in [4.69, 9.17) is 4.74 Å². The maximum Gasteiger partial charge on any atom is 0.320 e. The highest BCUT2D eigenvalue weighted by atomic mass is 35.5. The lowest BCUT2D eigenvalue weighted by Gasteiger charge is -2.33. The van der Waals surface area contributed by atoms with Crippen LogP contribution in [-0.4, -0.2) is 40.6 Å². The minimum atomic E-state index is -0.848. The van der Waals surface area contributed by atoms with Crippen LogP contribution < -0.4 is 4.74 Å². The highest BCUT2D eigenvalue weighted by molar-refractivity contribution is 5.85. The maximum absolute atomic E-state index is 11.3. The fraction of sp³-hybridized carbons (Fsp3) is 0.500. The van der Waals surface area contributed by atoms with Crippen LogP contribution >= 0.6 is 12.4 Å². The molecule has 0 saturated carbocycles. The number of carboxylic acid groups (broad SMARTS) is 1. The Kier molecular flexibility index (Phi) is 6.58. The first-order valence-electron chi connectivity index (χ1n) is 6.81. The number of carbonyl (C=O) groups is 1. The van der Waals surface area contributed by atoms with Crippen molar-refractivity contribution < 1.29 is 19.6 Å². The molecule has 1 unspecified atom stereocenters. The summed E-state index contributed by atoms with van der Waals surface area (Å²) in [6.07, 6.45) is 2.42. The highest BCUT2D eigenvalue weighted by Crippen LogP contribution is 2.28. The third-order valence-electron chi connectivity index (χ3n) is 3.75. The third kappa shape index (κ3) is 4.08. The number of benzene rings is 1. The second kappa shape index (κ2) is 7.95. The van der Waals surface area contributed by atoms with E-state index in [1.165, 1.54) is 19.2 Å². The van der Waals surface area contributed by atoms with E-state index in [0.29, 0.717) is 30.8 Å². The highest BCUT2D eigenvalue weighted by Gasteiger charge is 2.29. The smallest absolute Gasteiger partial charge is 0.320 e. The van der Waals surface area contributed by atoms with Crippen LogP contribution in [0.25, 0.3) is 0 Å². The van der Waals surface area contributed by atoms with E-state index in [9.17, 15) is 20.0 Å². The van der Waals surface area contributed by atoms with Gasteiger partial charge in [0.05, 0.1) is 12.0 Å². The Hall–Kier alpha value is -1.86. The Morgan fingerprint density at radius 3 is 2.82 bits per heavy atom. The van der Waals surface area contributed by atoms with Gasteiger partial charge >= 0.3 is 5.97 Å². The molecule has 1 aromatic rings. The molecule has 122 valence electrons. The lowest BCUT2D eigenvalue weighted by molar-refractivity contribution is -0.385. The molecular formula is C14H19ClN2O5. The summed E-state index contributed by atoms with van der Waals surface area (Å²) in [7, 11) is 1.50. The number of aliphatic carboxylic acids is 1. The molecule has 0 aromatic heterocycles. The van der Waals surface area contributed by atoms with Gasteiger partial charge in [-0.25, -0.2) is 0 Å². The van der Waals surface area contributed by atoms with Gasteiger partial charge < -0.3 is 9.84 Å². The Morgan fingerprint density at radius 2 is 2.23 bits per heavy atom. The predicted molar refractivity (Wildman–Crippen MR) is 82.6 cm³/mol. The van der Waals surface area contributed by atoms with Gasteiger partial charge in [-0.2, -0.15) is 0 Å². The molecule has 2 rings (SSSR count). The predicted octanol–water partition coefficient (Wildman–Crippen LogP) is 2.46. The fourth-order valence-corrected chi connectivity index (χ4v) is 2.68. The minimum Gasteiger partial charge on any atom is -0.496 e. The van der Waals surface area contributed by atoms with Crippen LogP contribution in [0.1, 0.15) is 24.8 Å². The number of nitro groups is 1. The number of hydrogen-bond donors (Lipinski definition) is 1. The Balaban J connectivity index is 0.00000242. The van der Waals surface area contributed by atoms with Gasteiger partial charge in [-0.3, -0.25) is 19.8 Å². The van der Waals surface area contributed by atoms with Crippen molar-refractivity contribution in [2.24, 2.45) is 0 Å². The zero-order valence-corrected chi connectivity index (χ0v) is 13.0. The summed E-state index contributed by atoms with van der Waals surface area (Å²) in [5.74, 6) is -0.311. The van der Waals surface area contributed by atoms with Crippen LogP contribution in [0.2, 0.25) is 0 Å². The van der Waals surface area contributed by atoms with Crippen LogP contribution in [0.15, 0.2) is 18.2 Å². The second-order valence-electron chi connectivity index (χ2n) is 5.07. The van der Waals surface area contributed by atoms with E-state index in [1.54, 1.807) is 6.07 Å². The maximum atomic E-state index is 11.3. The van der Waals surface area contributed by atoms with E-state index < -0.39 is 16.9 Å². The van der Waals surface area contributed by atoms with Crippen molar-refractivity contribution >= 4 is 24.1 Å². The average Bonchev–Trinajstić information content (AvgIpc) is 2.47. The van der Waals surface area contributed by atoms with Crippen LogP contribution in [0, 0.1) is 10.1 Å². The van der Waals surface area contributed by atoms with E-state index >= 15 is 0 Å². The first kappa shape index (κ1) is 18.2. The van der Waals surface area contributed by atoms with Gasteiger partial charge in [-0.1, -0.05) is 6.42 Å². The van der Waals surface area contributed by atoms with Crippen LogP contribution in [0.4, 0.5) is 5.69 Å². The molecule has 1 saturated heterocycles. The van der Waals surface area contributed by atoms with Gasteiger partial charge in [0, 0.05) is 24.2 Å². The molecule has 1 aliphatic rings. The van der Waals surface area contributed by atoms with Crippen LogP contribution in [0.5, 0.6) is 5.75 Å². The Labute approximate surface area is 134 Å². The van der Waals surface area contributed by atoms with Gasteiger partial charge in [-0.15, -0.1) is 12.4 Å². The standard InChI is InChI=1S/C14H18N2O5.ClH/c1-21-13-6-5-11(16(19)20)8-10(13)9-15-7-3-2-4-12(15)14(17)18;/h5-6,8,12H,2-4,7,9H2,1H3,(H,17,18);1H. The number of rotatable bonds is 5. The molecule has 0 amide bonds. The molecule has 1 fully saturated rings. The van der Waals surface area contributed by atoms with Gasteiger partial charge in [0.2, 0.25) is 0 Å². The molecule has 0 radical (unpaired) electrons. The van der Waals surface area contributed by atoms with Gasteiger partial charge in [-0.05, 0) is 25.5 Å². The zero-order valence-electron chi connectivity index (χ0n) is 12.2. The molecule has 0 bridgehead atoms. The summed E-state index contributed by atoms with van der Waals surface area (Å²) in [4.78, 5) is 23.6. The summed E-state index contributed by atoms with van der Waals surface area (Å²) >= 11 is 0. The number of nitro benzene ring substituents is 1. The van der Waals surface area contributed by atoms with Crippen LogP contribution in [-0.2, 0) is 11.3 Å². The normalized spacial score (nSPS) is 18.3. The second-order valence-corrected chi connectivity index (χ2v) is 5.07. The molecule has 1 N–H and O–H groups in total. The van der Waals surface area contributed by atoms with Crippen molar-refractivity contribution in [1.29, 1.82) is 0 Å². The molecular weight excluding hydrogens is 312 g/mol. The van der Waals surface area contributed by atoms with Crippen molar-refractivity contribution in [2.45, 2.75) is 31.8 Å². The largest absolute Gasteiger partial charge is 0.496 e. The quantitative estimate of drug-likeness (QED) is 0.658. The fourth-order valence-electron chi connectivity index (χ4n) is 2.68. The number of methoxy groups -OCH3 is 1. The lowest BCUT2D eigenvalue weighted by atomic mass is 10.0. The number of likely N-dealkylation sites (tertiary alicyclic amines) is 1. The summed E-state index contributed by atoms with van der Waals surface area (Å²) in [5.41, 5.74) is 0.620. The number of hydrogen-bond acceptors (Lipinski definition) is 5. The van der Waals surface area contributed by atoms with Crippen molar-refractivity contribution in [2.75, 3.05) is 13.7 Å². The monoisotopic (exact) mass is 330 g/mol. The van der Waals surface area contributed by atoms with Crippen LogP contribution in [0.3, 0.4) is 0 Å². The lowest BCUT2D eigenvalue weighted by Crippen LogP contribution is -2.44. The molecule has 1 aliphatic heterocycles. The summed E-state index contributed by atoms with van der Waals surface area (Å²) in [6.45, 7) is 1.00. The van der Waals surface area contributed by atoms with Gasteiger partial charge in [0.15, 0.2) is 0 Å². The number of ether oxygens (including phenoxy) is 1. The molecule has 0 aliphatic carbocycles. The van der Waals surface area contributed by atoms with E-state index in [2.05, 4.69) is 0 Å². The van der Waals surface area contributed by atoms with E-state index in [0.717, 1.165) is 12.8 Å².